The molecule has 1 N–H and O–H groups in total. The van der Waals surface area contributed by atoms with Gasteiger partial charge in [0, 0.05) is 17.9 Å². The summed E-state index contributed by atoms with van der Waals surface area (Å²) in [5, 5.41) is 9.10. The van der Waals surface area contributed by atoms with Gasteiger partial charge in [-0.05, 0) is 24.3 Å². The second-order valence-corrected chi connectivity index (χ2v) is 3.69. The van der Waals surface area contributed by atoms with Gasteiger partial charge in [0.15, 0.2) is 0 Å². The van der Waals surface area contributed by atoms with Gasteiger partial charge >= 0.3 is 0 Å². The van der Waals surface area contributed by atoms with E-state index in [0.717, 1.165) is 12.0 Å². The Morgan fingerprint density at radius 1 is 1.46 bits per heavy atom. The van der Waals surface area contributed by atoms with Crippen molar-refractivity contribution in [2.45, 2.75) is 18.9 Å². The molecule has 0 bridgehead atoms. The molecule has 2 rings (SSSR count). The topological polar surface area (TPSA) is 24.6 Å². The molecule has 66 valence electrons. The van der Waals surface area contributed by atoms with Crippen molar-refractivity contribution >= 4 is 0 Å². The third-order valence-electron chi connectivity index (χ3n) is 2.84. The van der Waals surface area contributed by atoms with Crippen LogP contribution < -0.4 is 0 Å². The van der Waals surface area contributed by atoms with Gasteiger partial charge in [-0.2, -0.15) is 0 Å². The molecule has 13 heavy (non-hydrogen) atoms. The van der Waals surface area contributed by atoms with Crippen LogP contribution in [0.3, 0.4) is 0 Å². The van der Waals surface area contributed by atoms with Crippen LogP contribution >= 0.6 is 0 Å². The fraction of sp³-hybridized carbons (Fsp3) is 0.364. The van der Waals surface area contributed by atoms with Gasteiger partial charge in [-0.25, -0.2) is 6.57 Å². The molecule has 0 saturated heterocycles. The molecule has 1 saturated carbocycles. The highest BCUT2D eigenvalue weighted by atomic mass is 16.3. The Bertz CT molecular complexity index is 363. The predicted octanol–water partition coefficient (Wildman–Crippen LogP) is 2.55. The maximum absolute atomic E-state index is 9.10. The first kappa shape index (κ1) is 8.12. The Morgan fingerprint density at radius 3 is 2.38 bits per heavy atom. The third-order valence-corrected chi connectivity index (χ3v) is 2.84. The van der Waals surface area contributed by atoms with E-state index in [1.807, 2.05) is 12.1 Å². The van der Waals surface area contributed by atoms with Crippen molar-refractivity contribution in [2.24, 2.45) is 5.92 Å². The minimum atomic E-state index is -0.284. The molecule has 0 radical (unpaired) electrons. The van der Waals surface area contributed by atoms with Gasteiger partial charge in [0.1, 0.15) is 5.75 Å². The van der Waals surface area contributed by atoms with E-state index < -0.39 is 0 Å². The monoisotopic (exact) mass is 173 g/mol. The summed E-state index contributed by atoms with van der Waals surface area (Å²) >= 11 is 0. The molecule has 1 aromatic carbocycles. The summed E-state index contributed by atoms with van der Waals surface area (Å²) < 4.78 is 0. The van der Waals surface area contributed by atoms with Crippen LogP contribution in [0.1, 0.15) is 18.9 Å². The zero-order chi connectivity index (χ0) is 9.47. The highest BCUT2D eigenvalue weighted by molar-refractivity contribution is 5.39. The van der Waals surface area contributed by atoms with Crippen molar-refractivity contribution in [3.8, 4) is 5.75 Å². The molecular formula is C11H11NO. The fourth-order valence-electron chi connectivity index (χ4n) is 1.78. The molecule has 1 aliphatic rings. The van der Waals surface area contributed by atoms with Crippen LogP contribution in [-0.4, -0.2) is 5.11 Å². The summed E-state index contributed by atoms with van der Waals surface area (Å²) in [4.78, 5) is 3.68. The van der Waals surface area contributed by atoms with Gasteiger partial charge in [0.05, 0.1) is 0 Å². The van der Waals surface area contributed by atoms with Crippen molar-refractivity contribution in [3.05, 3.63) is 41.2 Å². The van der Waals surface area contributed by atoms with E-state index in [-0.39, 0.29) is 11.3 Å². The van der Waals surface area contributed by atoms with Crippen molar-refractivity contribution in [1.29, 1.82) is 0 Å². The number of rotatable bonds is 1. The Balaban J connectivity index is 2.38. The van der Waals surface area contributed by atoms with Crippen LogP contribution in [0, 0.1) is 12.5 Å². The molecular weight excluding hydrogens is 162 g/mol. The average molecular weight is 173 g/mol. The van der Waals surface area contributed by atoms with Crippen molar-refractivity contribution in [1.82, 2.24) is 0 Å². The summed E-state index contributed by atoms with van der Waals surface area (Å²) in [5.41, 5.74) is 0.751. The molecule has 0 aromatic heterocycles. The van der Waals surface area contributed by atoms with E-state index in [2.05, 4.69) is 11.8 Å². The van der Waals surface area contributed by atoms with E-state index in [9.17, 15) is 0 Å². The first-order valence-electron chi connectivity index (χ1n) is 4.37. The van der Waals surface area contributed by atoms with Crippen LogP contribution in [0.4, 0.5) is 0 Å². The number of hydrogen-bond acceptors (Lipinski definition) is 1. The predicted molar refractivity (Wildman–Crippen MR) is 50.2 cm³/mol. The molecule has 2 nitrogen and oxygen atoms in total. The molecule has 1 fully saturated rings. The van der Waals surface area contributed by atoms with Gasteiger partial charge in [-0.15, -0.1) is 0 Å². The third kappa shape index (κ3) is 1.08. The lowest BCUT2D eigenvalue weighted by Gasteiger charge is -2.03. The van der Waals surface area contributed by atoms with E-state index in [1.165, 1.54) is 0 Å². The summed E-state index contributed by atoms with van der Waals surface area (Å²) in [7, 11) is 0. The first-order valence-corrected chi connectivity index (χ1v) is 4.37. The molecule has 2 heteroatoms. The molecule has 1 aliphatic carbocycles. The van der Waals surface area contributed by atoms with Crippen molar-refractivity contribution in [3.63, 3.8) is 0 Å². The Morgan fingerprint density at radius 2 is 2.00 bits per heavy atom. The van der Waals surface area contributed by atoms with E-state index in [4.69, 9.17) is 11.7 Å². The second-order valence-electron chi connectivity index (χ2n) is 3.69. The Labute approximate surface area is 77.6 Å². The number of aromatic hydroxyl groups is 1. The quantitative estimate of drug-likeness (QED) is 0.648. The highest BCUT2D eigenvalue weighted by Gasteiger charge is 2.60. The number of benzene rings is 1. The molecule has 2 atom stereocenters. The zero-order valence-electron chi connectivity index (χ0n) is 7.49. The molecule has 0 spiro atoms. The SMILES string of the molecule is [C-]#[N+]C1(c2ccc(O)cc2)CC1C. The highest BCUT2D eigenvalue weighted by Crippen LogP contribution is 2.55. The maximum Gasteiger partial charge on any atom is 0.260 e. The molecule has 0 heterocycles. The number of phenolic OH excluding ortho intramolecular Hbond substituents is 1. The Kier molecular flexibility index (Phi) is 1.56. The minimum absolute atomic E-state index is 0.261. The average Bonchev–Trinajstić information content (AvgIpc) is 2.79. The van der Waals surface area contributed by atoms with Gasteiger partial charge in [-0.1, -0.05) is 6.92 Å². The van der Waals surface area contributed by atoms with Crippen LogP contribution in [-0.2, 0) is 5.54 Å². The Hall–Kier alpha value is -1.49. The van der Waals surface area contributed by atoms with Crippen LogP contribution in [0.2, 0.25) is 0 Å². The van der Waals surface area contributed by atoms with Crippen molar-refractivity contribution in [2.75, 3.05) is 0 Å². The number of phenols is 1. The van der Waals surface area contributed by atoms with Crippen LogP contribution in [0.5, 0.6) is 5.75 Å². The number of nitrogens with zero attached hydrogens (tertiary/aromatic N) is 1. The summed E-state index contributed by atoms with van der Waals surface area (Å²) in [6, 6.07) is 6.98. The van der Waals surface area contributed by atoms with Gasteiger partial charge in [0.25, 0.3) is 5.54 Å². The summed E-state index contributed by atoms with van der Waals surface area (Å²) in [5.74, 6) is 0.715. The number of hydrogen-bond donors (Lipinski definition) is 1. The van der Waals surface area contributed by atoms with Gasteiger partial charge in [0.2, 0.25) is 0 Å². The zero-order valence-corrected chi connectivity index (χ0v) is 7.49. The van der Waals surface area contributed by atoms with E-state index >= 15 is 0 Å². The normalized spacial score (nSPS) is 30.9. The lowest BCUT2D eigenvalue weighted by atomic mass is 10.0. The fourth-order valence-corrected chi connectivity index (χ4v) is 1.78. The van der Waals surface area contributed by atoms with E-state index in [1.54, 1.807) is 12.1 Å². The molecule has 0 aliphatic heterocycles. The standard InChI is InChI=1S/C11H11NO/c1-8-7-11(8,12-2)9-3-5-10(13)6-4-9/h3-6,8,13H,7H2,1H3. The van der Waals surface area contributed by atoms with Gasteiger partial charge in [-0.3, -0.25) is 0 Å². The van der Waals surface area contributed by atoms with Crippen LogP contribution in [0.15, 0.2) is 24.3 Å². The van der Waals surface area contributed by atoms with E-state index in [0.29, 0.717) is 5.92 Å². The molecule has 0 amide bonds. The second kappa shape index (κ2) is 2.50. The van der Waals surface area contributed by atoms with Crippen LogP contribution in [0.25, 0.3) is 4.85 Å². The summed E-state index contributed by atoms with van der Waals surface area (Å²) in [6.45, 7) is 9.24. The van der Waals surface area contributed by atoms with Crippen molar-refractivity contribution < 1.29 is 5.11 Å². The smallest absolute Gasteiger partial charge is 0.260 e. The molecule has 2 unspecified atom stereocenters. The van der Waals surface area contributed by atoms with Gasteiger partial charge < -0.3 is 9.95 Å². The lowest BCUT2D eigenvalue weighted by molar-refractivity contribution is 0.475. The molecule has 1 aromatic rings. The lowest BCUT2D eigenvalue weighted by Crippen LogP contribution is -2.01. The first-order chi connectivity index (χ1) is 6.19. The summed E-state index contributed by atoms with van der Waals surface area (Å²) in [6.07, 6.45) is 0.946. The maximum atomic E-state index is 9.10. The minimum Gasteiger partial charge on any atom is -0.508 e. The largest absolute Gasteiger partial charge is 0.508 e.